The summed E-state index contributed by atoms with van der Waals surface area (Å²) < 4.78 is 28.9. The lowest BCUT2D eigenvalue weighted by molar-refractivity contribution is 0.0576. The molecule has 0 aliphatic carbocycles. The molecule has 0 aromatic carbocycles. The summed E-state index contributed by atoms with van der Waals surface area (Å²) >= 11 is 0. The van der Waals surface area contributed by atoms with Gasteiger partial charge in [0.25, 0.3) is 0 Å². The van der Waals surface area contributed by atoms with Crippen LogP contribution in [0.5, 0.6) is 0 Å². The molecule has 28 heavy (non-hydrogen) atoms. The molecule has 0 bridgehead atoms. The molecule has 0 unspecified atom stereocenters. The predicted molar refractivity (Wildman–Crippen MR) is 105 cm³/mol. The highest BCUT2D eigenvalue weighted by Crippen LogP contribution is 2.34. The molecule has 0 spiro atoms. The summed E-state index contributed by atoms with van der Waals surface area (Å²) in [6.45, 7) is 4.49. The second kappa shape index (κ2) is 6.98. The first-order valence-corrected chi connectivity index (χ1v) is 10.8. The molecule has 0 saturated carbocycles. The van der Waals surface area contributed by atoms with E-state index in [1.807, 2.05) is 18.3 Å². The van der Waals surface area contributed by atoms with Crippen molar-refractivity contribution in [1.82, 2.24) is 24.1 Å². The van der Waals surface area contributed by atoms with Crippen LogP contribution in [0.15, 0.2) is 41.8 Å². The van der Waals surface area contributed by atoms with Gasteiger partial charge in [0.2, 0.25) is 10.0 Å². The van der Waals surface area contributed by atoms with Gasteiger partial charge < -0.3 is 10.1 Å². The molecular weight excluding hydrogens is 378 g/mol. The Morgan fingerprint density at radius 3 is 2.79 bits per heavy atom. The minimum absolute atomic E-state index is 0.173. The largest absolute Gasteiger partial charge is 0.389 e. The maximum atomic E-state index is 13.0. The lowest BCUT2D eigenvalue weighted by Crippen LogP contribution is -2.37. The van der Waals surface area contributed by atoms with Gasteiger partial charge in [-0.2, -0.15) is 9.40 Å². The lowest BCUT2D eigenvalue weighted by Gasteiger charge is -2.30. The van der Waals surface area contributed by atoms with E-state index in [0.717, 1.165) is 23.9 Å². The minimum Gasteiger partial charge on any atom is -0.389 e. The van der Waals surface area contributed by atoms with Crippen molar-refractivity contribution in [3.63, 3.8) is 0 Å². The lowest BCUT2D eigenvalue weighted by atomic mass is 9.90. The number of aromatic amines is 1. The van der Waals surface area contributed by atoms with Gasteiger partial charge in [-0.3, -0.25) is 4.68 Å². The molecule has 150 valence electrons. The summed E-state index contributed by atoms with van der Waals surface area (Å²) in [4.78, 5) is 7.70. The normalized spacial score (nSPS) is 17.4. The van der Waals surface area contributed by atoms with Crippen molar-refractivity contribution >= 4 is 21.1 Å². The number of piperidine rings is 1. The van der Waals surface area contributed by atoms with Crippen molar-refractivity contribution in [2.24, 2.45) is 0 Å². The van der Waals surface area contributed by atoms with Crippen LogP contribution in [-0.4, -0.2) is 56.3 Å². The molecule has 1 fully saturated rings. The Kier molecular flexibility index (Phi) is 4.76. The van der Waals surface area contributed by atoms with Crippen LogP contribution in [0.4, 0.5) is 0 Å². The number of aromatic nitrogens is 4. The molecule has 1 saturated heterocycles. The topological polar surface area (TPSA) is 104 Å². The second-order valence-corrected chi connectivity index (χ2v) is 9.95. The first-order valence-electron chi connectivity index (χ1n) is 9.41. The van der Waals surface area contributed by atoms with Gasteiger partial charge in [0.1, 0.15) is 10.5 Å². The SMILES string of the molecule is CC(C)(O)Cn1cc(S(=O)(=O)N2CCC(c3c[nH]c4ncccc34)CC2)cn1. The average Bonchev–Trinajstić information content (AvgIpc) is 3.28. The maximum absolute atomic E-state index is 13.0. The quantitative estimate of drug-likeness (QED) is 0.679. The van der Waals surface area contributed by atoms with Crippen LogP contribution in [0, 0.1) is 0 Å². The summed E-state index contributed by atoms with van der Waals surface area (Å²) in [6, 6.07) is 3.97. The van der Waals surface area contributed by atoms with Crippen molar-refractivity contribution in [2.45, 2.75) is 49.6 Å². The van der Waals surface area contributed by atoms with Crippen LogP contribution < -0.4 is 0 Å². The van der Waals surface area contributed by atoms with E-state index in [-0.39, 0.29) is 11.4 Å². The fourth-order valence-corrected chi connectivity index (χ4v) is 5.26. The van der Waals surface area contributed by atoms with Crippen molar-refractivity contribution in [1.29, 1.82) is 0 Å². The molecular formula is C19H25N5O3S. The second-order valence-electron chi connectivity index (χ2n) is 8.01. The van der Waals surface area contributed by atoms with Gasteiger partial charge in [-0.05, 0) is 50.3 Å². The van der Waals surface area contributed by atoms with Crippen LogP contribution in [-0.2, 0) is 16.6 Å². The summed E-state index contributed by atoms with van der Waals surface area (Å²) in [5.41, 5.74) is 1.12. The molecule has 4 heterocycles. The van der Waals surface area contributed by atoms with Crippen LogP contribution in [0.3, 0.4) is 0 Å². The van der Waals surface area contributed by atoms with E-state index in [0.29, 0.717) is 19.0 Å². The molecule has 3 aromatic heterocycles. The van der Waals surface area contributed by atoms with E-state index in [2.05, 4.69) is 15.1 Å². The zero-order chi connectivity index (χ0) is 19.9. The summed E-state index contributed by atoms with van der Waals surface area (Å²) in [5.74, 6) is 0.308. The number of nitrogens with one attached hydrogen (secondary N) is 1. The van der Waals surface area contributed by atoms with E-state index in [9.17, 15) is 13.5 Å². The zero-order valence-electron chi connectivity index (χ0n) is 16.0. The molecule has 4 rings (SSSR count). The van der Waals surface area contributed by atoms with Crippen LogP contribution in [0.25, 0.3) is 11.0 Å². The first-order chi connectivity index (χ1) is 13.2. The third-order valence-corrected chi connectivity index (χ3v) is 7.02. The van der Waals surface area contributed by atoms with E-state index in [1.54, 1.807) is 20.0 Å². The summed E-state index contributed by atoms with van der Waals surface area (Å²) in [7, 11) is -3.58. The number of sulfonamides is 1. The van der Waals surface area contributed by atoms with Gasteiger partial charge in [-0.1, -0.05) is 0 Å². The number of hydrogen-bond donors (Lipinski definition) is 2. The molecule has 0 atom stereocenters. The van der Waals surface area contributed by atoms with E-state index < -0.39 is 15.6 Å². The van der Waals surface area contributed by atoms with E-state index in [4.69, 9.17) is 0 Å². The first kappa shape index (κ1) is 19.1. The maximum Gasteiger partial charge on any atom is 0.246 e. The highest BCUT2D eigenvalue weighted by Gasteiger charge is 2.32. The molecule has 0 amide bonds. The molecule has 3 aromatic rings. The third-order valence-electron chi connectivity index (χ3n) is 5.17. The van der Waals surface area contributed by atoms with E-state index >= 15 is 0 Å². The predicted octanol–water partition coefficient (Wildman–Crippen LogP) is 2.10. The summed E-state index contributed by atoms with van der Waals surface area (Å²) in [5, 5.41) is 15.1. The highest BCUT2D eigenvalue weighted by atomic mass is 32.2. The molecule has 8 nitrogen and oxygen atoms in total. The Labute approximate surface area is 164 Å². The van der Waals surface area contributed by atoms with Crippen LogP contribution in [0.2, 0.25) is 0 Å². The molecule has 0 radical (unpaired) electrons. The van der Waals surface area contributed by atoms with Gasteiger partial charge in [-0.15, -0.1) is 0 Å². The van der Waals surface area contributed by atoms with E-state index in [1.165, 1.54) is 26.9 Å². The van der Waals surface area contributed by atoms with Gasteiger partial charge >= 0.3 is 0 Å². The Bertz CT molecular complexity index is 1070. The smallest absolute Gasteiger partial charge is 0.246 e. The molecule has 9 heteroatoms. The Morgan fingerprint density at radius 2 is 2.07 bits per heavy atom. The zero-order valence-corrected chi connectivity index (χ0v) is 16.9. The standard InChI is InChI=1S/C19H25N5O3S/c1-19(2,25)13-23-12-15(10-22-23)28(26,27)24-8-5-14(6-9-24)17-11-21-18-16(17)4-3-7-20-18/h3-4,7,10-12,14,25H,5-6,8-9,13H2,1-2H3,(H,20,21). The van der Waals surface area contributed by atoms with Crippen molar-refractivity contribution < 1.29 is 13.5 Å². The van der Waals surface area contributed by atoms with Gasteiger partial charge in [0.05, 0.1) is 18.3 Å². The Balaban J connectivity index is 1.47. The average molecular weight is 404 g/mol. The fraction of sp³-hybridized carbons (Fsp3) is 0.474. The number of hydrogen-bond acceptors (Lipinski definition) is 5. The van der Waals surface area contributed by atoms with Crippen molar-refractivity contribution in [2.75, 3.05) is 13.1 Å². The number of H-pyrrole nitrogens is 1. The molecule has 1 aliphatic heterocycles. The highest BCUT2D eigenvalue weighted by molar-refractivity contribution is 7.89. The molecule has 1 aliphatic rings. The van der Waals surface area contributed by atoms with Crippen molar-refractivity contribution in [3.05, 3.63) is 42.5 Å². The molecule has 2 N–H and O–H groups in total. The Morgan fingerprint density at radius 1 is 1.32 bits per heavy atom. The van der Waals surface area contributed by atoms with Gasteiger partial charge in [0, 0.05) is 37.1 Å². The monoisotopic (exact) mass is 403 g/mol. The fourth-order valence-electron chi connectivity index (χ4n) is 3.83. The number of rotatable bonds is 5. The number of nitrogens with zero attached hydrogens (tertiary/aromatic N) is 4. The Hall–Kier alpha value is -2.23. The third kappa shape index (κ3) is 3.69. The van der Waals surface area contributed by atoms with Crippen LogP contribution >= 0.6 is 0 Å². The van der Waals surface area contributed by atoms with Crippen LogP contribution in [0.1, 0.15) is 38.2 Å². The number of aliphatic hydroxyl groups is 1. The van der Waals surface area contributed by atoms with Gasteiger partial charge in [-0.25, -0.2) is 13.4 Å². The van der Waals surface area contributed by atoms with Gasteiger partial charge in [0.15, 0.2) is 0 Å². The number of fused-ring (bicyclic) bond motifs is 1. The number of pyridine rings is 1. The summed E-state index contributed by atoms with van der Waals surface area (Å²) in [6.07, 6.45) is 8.13. The van der Waals surface area contributed by atoms with Crippen molar-refractivity contribution in [3.8, 4) is 0 Å². The minimum atomic E-state index is -3.58.